The summed E-state index contributed by atoms with van der Waals surface area (Å²) in [4.78, 5) is 16.4. The van der Waals surface area contributed by atoms with Crippen molar-refractivity contribution in [3.63, 3.8) is 0 Å². The second-order valence-corrected chi connectivity index (χ2v) is 8.71. The van der Waals surface area contributed by atoms with E-state index in [9.17, 15) is 13.2 Å². The molecule has 1 aromatic rings. The van der Waals surface area contributed by atoms with E-state index in [1.54, 1.807) is 18.3 Å². The number of rotatable bonds is 4. The topological polar surface area (TPSA) is 88.2 Å². The van der Waals surface area contributed by atoms with Crippen molar-refractivity contribution in [3.8, 4) is 0 Å². The summed E-state index contributed by atoms with van der Waals surface area (Å²) in [6.07, 6.45) is 7.82. The Labute approximate surface area is 137 Å². The highest BCUT2D eigenvalue weighted by Crippen LogP contribution is 2.19. The molecule has 23 heavy (non-hydrogen) atoms. The molecular formula is C16H23N3O3S. The van der Waals surface area contributed by atoms with Gasteiger partial charge in [0, 0.05) is 24.0 Å². The lowest BCUT2D eigenvalue weighted by Gasteiger charge is -2.22. The zero-order valence-corrected chi connectivity index (χ0v) is 13.9. The van der Waals surface area contributed by atoms with E-state index in [1.165, 1.54) is 6.42 Å². The maximum Gasteiger partial charge on any atom is 0.270 e. The molecule has 0 radical (unpaired) electrons. The Morgan fingerprint density at radius 1 is 1.13 bits per heavy atom. The van der Waals surface area contributed by atoms with Gasteiger partial charge in [0.1, 0.15) is 5.69 Å². The number of nitrogens with zero attached hydrogens (tertiary/aromatic N) is 1. The molecule has 0 aromatic carbocycles. The first-order valence-electron chi connectivity index (χ1n) is 8.26. The van der Waals surface area contributed by atoms with Crippen LogP contribution in [0, 0.1) is 0 Å². The summed E-state index contributed by atoms with van der Waals surface area (Å²) in [5.74, 6) is 0.226. The fraction of sp³-hybridized carbons (Fsp3) is 0.625. The average molecular weight is 337 g/mol. The first kappa shape index (κ1) is 16.2. The van der Waals surface area contributed by atoms with E-state index in [-0.39, 0.29) is 29.5 Å². The molecule has 1 saturated heterocycles. The highest BCUT2D eigenvalue weighted by molar-refractivity contribution is 7.91. The number of hydrogen-bond acceptors (Lipinski definition) is 5. The molecule has 1 aliphatic carbocycles. The van der Waals surface area contributed by atoms with Crippen molar-refractivity contribution in [2.45, 2.75) is 50.6 Å². The first-order valence-corrected chi connectivity index (χ1v) is 10.1. The smallest absolute Gasteiger partial charge is 0.270 e. The van der Waals surface area contributed by atoms with E-state index in [2.05, 4.69) is 15.6 Å². The molecule has 0 spiro atoms. The molecule has 0 bridgehead atoms. The Balaban J connectivity index is 1.61. The molecule has 2 aliphatic rings. The minimum Gasteiger partial charge on any atom is -0.381 e. The Hall–Kier alpha value is -1.63. The number of nitrogens with one attached hydrogen (secondary N) is 2. The monoisotopic (exact) mass is 337 g/mol. The van der Waals surface area contributed by atoms with Crippen LogP contribution in [0.5, 0.6) is 0 Å². The largest absolute Gasteiger partial charge is 0.381 e. The molecular weight excluding hydrogens is 314 g/mol. The van der Waals surface area contributed by atoms with Crippen molar-refractivity contribution in [2.75, 3.05) is 16.8 Å². The molecule has 2 fully saturated rings. The highest BCUT2D eigenvalue weighted by atomic mass is 32.2. The molecule has 3 rings (SSSR count). The molecule has 126 valence electrons. The van der Waals surface area contributed by atoms with Crippen molar-refractivity contribution in [1.82, 2.24) is 10.3 Å². The fourth-order valence-corrected chi connectivity index (χ4v) is 4.97. The van der Waals surface area contributed by atoms with Crippen LogP contribution in [0.4, 0.5) is 5.69 Å². The summed E-state index contributed by atoms with van der Waals surface area (Å²) in [7, 11) is -2.92. The molecule has 2 heterocycles. The van der Waals surface area contributed by atoms with Crippen LogP contribution >= 0.6 is 0 Å². The standard InChI is InChI=1S/C16H23N3O3S/c20-16(19-12-4-2-1-3-5-12)15-10-13(6-8-17-15)18-14-7-9-23(21,22)11-14/h6,8,10,12,14H,1-5,7,9,11H2,(H,17,18)(H,19,20). The normalized spacial score (nSPS) is 24.3. The number of pyridine rings is 1. The third-order valence-corrected chi connectivity index (χ3v) is 6.30. The zero-order valence-electron chi connectivity index (χ0n) is 13.1. The van der Waals surface area contributed by atoms with Crippen LogP contribution in [-0.4, -0.2) is 42.9 Å². The summed E-state index contributed by atoms with van der Waals surface area (Å²) in [5.41, 5.74) is 1.12. The van der Waals surface area contributed by atoms with Gasteiger partial charge in [-0.15, -0.1) is 0 Å². The molecule has 1 amide bonds. The molecule has 1 saturated carbocycles. The van der Waals surface area contributed by atoms with E-state index in [4.69, 9.17) is 0 Å². The lowest BCUT2D eigenvalue weighted by Crippen LogP contribution is -2.36. The van der Waals surface area contributed by atoms with Gasteiger partial charge in [0.25, 0.3) is 5.91 Å². The predicted molar refractivity (Wildman–Crippen MR) is 89.3 cm³/mol. The van der Waals surface area contributed by atoms with Crippen molar-refractivity contribution in [2.24, 2.45) is 0 Å². The van der Waals surface area contributed by atoms with Crippen LogP contribution in [0.2, 0.25) is 0 Å². The number of sulfone groups is 1. The Kier molecular flexibility index (Phi) is 4.84. The minimum atomic E-state index is -2.92. The molecule has 1 atom stereocenters. The quantitative estimate of drug-likeness (QED) is 0.874. The third kappa shape index (κ3) is 4.43. The maximum atomic E-state index is 12.3. The van der Waals surface area contributed by atoms with E-state index < -0.39 is 9.84 Å². The number of amides is 1. The summed E-state index contributed by atoms with van der Waals surface area (Å²) in [6, 6.07) is 3.62. The molecule has 7 heteroatoms. The lowest BCUT2D eigenvalue weighted by atomic mass is 9.95. The van der Waals surface area contributed by atoms with Crippen LogP contribution in [0.3, 0.4) is 0 Å². The number of carbonyl (C=O) groups is 1. The van der Waals surface area contributed by atoms with Crippen molar-refractivity contribution in [3.05, 3.63) is 24.0 Å². The highest BCUT2D eigenvalue weighted by Gasteiger charge is 2.27. The van der Waals surface area contributed by atoms with Gasteiger partial charge in [0.2, 0.25) is 0 Å². The van der Waals surface area contributed by atoms with Gasteiger partial charge >= 0.3 is 0 Å². The van der Waals surface area contributed by atoms with Crippen LogP contribution in [0.15, 0.2) is 18.3 Å². The number of carbonyl (C=O) groups excluding carboxylic acids is 1. The average Bonchev–Trinajstić information content (AvgIpc) is 2.87. The zero-order chi connectivity index (χ0) is 16.3. The van der Waals surface area contributed by atoms with Gasteiger partial charge in [-0.2, -0.15) is 0 Å². The summed E-state index contributed by atoms with van der Waals surface area (Å²) < 4.78 is 23.0. The second-order valence-electron chi connectivity index (χ2n) is 6.48. The molecule has 1 aromatic heterocycles. The van der Waals surface area contributed by atoms with E-state index >= 15 is 0 Å². The third-order valence-electron chi connectivity index (χ3n) is 4.54. The molecule has 2 N–H and O–H groups in total. The summed E-state index contributed by atoms with van der Waals surface area (Å²) in [5, 5.41) is 6.24. The molecule has 1 aliphatic heterocycles. The van der Waals surface area contributed by atoms with Crippen LogP contribution in [0.25, 0.3) is 0 Å². The van der Waals surface area contributed by atoms with Gasteiger partial charge in [-0.1, -0.05) is 19.3 Å². The predicted octanol–water partition coefficient (Wildman–Crippen LogP) is 1.74. The van der Waals surface area contributed by atoms with E-state index in [1.807, 2.05) is 0 Å². The minimum absolute atomic E-state index is 0.0864. The number of hydrogen-bond donors (Lipinski definition) is 2. The summed E-state index contributed by atoms with van der Waals surface area (Å²) >= 11 is 0. The van der Waals surface area contributed by atoms with Crippen molar-refractivity contribution < 1.29 is 13.2 Å². The Morgan fingerprint density at radius 3 is 2.61 bits per heavy atom. The van der Waals surface area contributed by atoms with E-state index in [0.717, 1.165) is 31.4 Å². The van der Waals surface area contributed by atoms with Crippen LogP contribution in [-0.2, 0) is 9.84 Å². The van der Waals surface area contributed by atoms with Crippen molar-refractivity contribution in [1.29, 1.82) is 0 Å². The fourth-order valence-electron chi connectivity index (χ4n) is 3.30. The van der Waals surface area contributed by atoms with Gasteiger partial charge in [-0.25, -0.2) is 8.42 Å². The first-order chi connectivity index (χ1) is 11.0. The van der Waals surface area contributed by atoms with Gasteiger partial charge in [0.05, 0.1) is 11.5 Å². The van der Waals surface area contributed by atoms with Gasteiger partial charge < -0.3 is 10.6 Å². The maximum absolute atomic E-state index is 12.3. The van der Waals surface area contributed by atoms with Crippen LogP contribution < -0.4 is 10.6 Å². The van der Waals surface area contributed by atoms with Gasteiger partial charge in [-0.3, -0.25) is 9.78 Å². The van der Waals surface area contributed by atoms with E-state index in [0.29, 0.717) is 12.1 Å². The number of aromatic nitrogens is 1. The Morgan fingerprint density at radius 2 is 1.91 bits per heavy atom. The van der Waals surface area contributed by atoms with Gasteiger partial charge in [-0.05, 0) is 31.4 Å². The second kappa shape index (κ2) is 6.86. The van der Waals surface area contributed by atoms with Crippen molar-refractivity contribution >= 4 is 21.4 Å². The number of anilines is 1. The molecule has 1 unspecified atom stereocenters. The SMILES string of the molecule is O=C(NC1CCCCC1)c1cc(NC2CCS(=O)(=O)C2)ccn1. The summed E-state index contributed by atoms with van der Waals surface area (Å²) in [6.45, 7) is 0. The van der Waals surface area contributed by atoms with Crippen LogP contribution in [0.1, 0.15) is 49.0 Å². The Bertz CT molecular complexity index is 669. The lowest BCUT2D eigenvalue weighted by molar-refractivity contribution is 0.0922. The van der Waals surface area contributed by atoms with Gasteiger partial charge in [0.15, 0.2) is 9.84 Å². The molecule has 6 nitrogen and oxygen atoms in total.